The molecule has 1 heterocycles. The van der Waals surface area contributed by atoms with E-state index in [4.69, 9.17) is 23.2 Å². The highest BCUT2D eigenvalue weighted by molar-refractivity contribution is 7.88. The van der Waals surface area contributed by atoms with Crippen molar-refractivity contribution in [3.05, 3.63) is 82.4 Å². The number of nitrogens with zero attached hydrogens (tertiary/aromatic N) is 1. The fraction of sp³-hybridized carbons (Fsp3) is 0.423. The predicted octanol–water partition coefficient (Wildman–Crippen LogP) is 5.96. The van der Waals surface area contributed by atoms with Gasteiger partial charge in [0.05, 0.1) is 17.7 Å². The molecule has 1 saturated heterocycles. The third kappa shape index (κ3) is 6.03. The van der Waals surface area contributed by atoms with E-state index < -0.39 is 15.4 Å². The molecule has 1 aliphatic heterocycles. The van der Waals surface area contributed by atoms with Crippen LogP contribution in [-0.2, 0) is 14.8 Å². The molecule has 0 aromatic heterocycles. The molecule has 1 aliphatic rings. The number of benzene rings is 2. The van der Waals surface area contributed by atoms with Crippen molar-refractivity contribution < 1.29 is 13.2 Å². The number of carbonyl (C=O) groups excluding carboxylic acids is 1. The van der Waals surface area contributed by atoms with E-state index in [0.717, 1.165) is 17.4 Å². The van der Waals surface area contributed by atoms with Crippen LogP contribution < -0.4 is 4.72 Å². The Bertz CT molecular complexity index is 1140. The maximum absolute atomic E-state index is 14.1. The number of rotatable bonds is 9. The monoisotopic (exact) mass is 522 g/mol. The minimum Gasteiger partial charge on any atom is -0.330 e. The Balaban J connectivity index is 2.20. The van der Waals surface area contributed by atoms with Gasteiger partial charge in [-0.15, -0.1) is 6.58 Å². The molecule has 2 aromatic rings. The Labute approximate surface area is 213 Å². The molecule has 1 fully saturated rings. The first-order chi connectivity index (χ1) is 16.0. The van der Waals surface area contributed by atoms with Gasteiger partial charge in [-0.3, -0.25) is 4.79 Å². The van der Waals surface area contributed by atoms with Gasteiger partial charge in [0.25, 0.3) is 0 Å². The third-order valence-corrected chi connectivity index (χ3v) is 7.81. The minimum absolute atomic E-state index is 0.00669. The number of likely N-dealkylation sites (tertiary alicyclic amines) is 1. The predicted molar refractivity (Wildman–Crippen MR) is 140 cm³/mol. The zero-order valence-corrected chi connectivity index (χ0v) is 22.1. The van der Waals surface area contributed by atoms with E-state index in [9.17, 15) is 13.2 Å². The normalized spacial score (nSPS) is 24.1. The topological polar surface area (TPSA) is 66.5 Å². The smallest absolute Gasteiger partial charge is 0.229 e. The van der Waals surface area contributed by atoms with Crippen LogP contribution in [0.2, 0.25) is 10.0 Å². The quantitative estimate of drug-likeness (QED) is 0.413. The first-order valence-corrected chi connectivity index (χ1v) is 14.0. The Kier molecular flexibility index (Phi) is 8.51. The van der Waals surface area contributed by atoms with E-state index in [2.05, 4.69) is 11.3 Å². The van der Waals surface area contributed by atoms with Crippen LogP contribution in [0.5, 0.6) is 0 Å². The van der Waals surface area contributed by atoms with Gasteiger partial charge in [0.1, 0.15) is 0 Å². The summed E-state index contributed by atoms with van der Waals surface area (Å²) >= 11 is 12.6. The first kappa shape index (κ1) is 26.7. The van der Waals surface area contributed by atoms with Crippen molar-refractivity contribution >= 4 is 39.1 Å². The number of sulfonamides is 1. The van der Waals surface area contributed by atoms with Crippen LogP contribution in [0, 0.1) is 5.41 Å². The summed E-state index contributed by atoms with van der Waals surface area (Å²) in [5.41, 5.74) is 1.29. The van der Waals surface area contributed by atoms with E-state index in [1.807, 2.05) is 67.3 Å². The number of carbonyl (C=O) groups is 1. The lowest BCUT2D eigenvalue weighted by molar-refractivity contribution is -0.154. The fourth-order valence-electron chi connectivity index (χ4n) is 4.98. The number of hydrogen-bond donors (Lipinski definition) is 1. The number of halogens is 2. The molecule has 0 radical (unpaired) electrons. The van der Waals surface area contributed by atoms with Crippen molar-refractivity contribution in [2.45, 2.75) is 51.1 Å². The highest BCUT2D eigenvalue weighted by Crippen LogP contribution is 2.52. The summed E-state index contributed by atoms with van der Waals surface area (Å²) in [4.78, 5) is 16.0. The molecule has 0 saturated carbocycles. The second-order valence-corrected chi connectivity index (χ2v) is 12.0. The van der Waals surface area contributed by atoms with Crippen molar-refractivity contribution in [3.8, 4) is 0 Å². The van der Waals surface area contributed by atoms with Gasteiger partial charge in [0.2, 0.25) is 15.9 Å². The lowest BCUT2D eigenvalue weighted by Gasteiger charge is -2.52. The molecular formula is C26H32Cl2N2O3S. The summed E-state index contributed by atoms with van der Waals surface area (Å²) in [6.45, 7) is 7.97. The van der Waals surface area contributed by atoms with E-state index in [1.54, 1.807) is 6.08 Å². The van der Waals surface area contributed by atoms with E-state index >= 15 is 0 Å². The second-order valence-electron chi connectivity index (χ2n) is 9.31. The van der Waals surface area contributed by atoms with Gasteiger partial charge < -0.3 is 4.90 Å². The number of piperidine rings is 1. The lowest BCUT2D eigenvalue weighted by Crippen LogP contribution is -2.57. The molecule has 4 atom stereocenters. The lowest BCUT2D eigenvalue weighted by atomic mass is 9.67. The van der Waals surface area contributed by atoms with Crippen LogP contribution in [0.3, 0.4) is 0 Å². The van der Waals surface area contributed by atoms with Crippen LogP contribution in [0.1, 0.15) is 56.2 Å². The largest absolute Gasteiger partial charge is 0.330 e. The van der Waals surface area contributed by atoms with Gasteiger partial charge in [0.15, 0.2) is 0 Å². The number of nitrogens with one attached hydrogen (secondary N) is 1. The van der Waals surface area contributed by atoms with Crippen LogP contribution >= 0.6 is 23.2 Å². The highest BCUT2D eigenvalue weighted by Gasteiger charge is 2.50. The standard InChI is InChI=1S/C26H32Cl2N2O3S/c1-5-14-26(3)16-23(19-8-7-9-21(28)15-19)24(18-10-12-20(27)13-11-18)30(25(26)31)22(6-2)17-29-34(4,32)33/h5,7-13,15,22-24,29H,1,6,14,16-17H2,2-4H3/t22?,23-,24-,26+/m1/s1. The summed E-state index contributed by atoms with van der Waals surface area (Å²) in [7, 11) is -3.42. The number of hydrogen-bond acceptors (Lipinski definition) is 3. The van der Waals surface area contributed by atoms with Crippen LogP contribution in [0.4, 0.5) is 0 Å². The van der Waals surface area contributed by atoms with E-state index in [-0.39, 0.29) is 30.5 Å². The molecule has 5 nitrogen and oxygen atoms in total. The zero-order valence-electron chi connectivity index (χ0n) is 19.8. The maximum Gasteiger partial charge on any atom is 0.229 e. The average molecular weight is 524 g/mol. The van der Waals surface area contributed by atoms with Crippen LogP contribution in [-0.4, -0.2) is 38.1 Å². The van der Waals surface area contributed by atoms with Crippen LogP contribution in [0.15, 0.2) is 61.2 Å². The maximum atomic E-state index is 14.1. The Morgan fingerprint density at radius 1 is 1.18 bits per heavy atom. The second kappa shape index (κ2) is 10.8. The summed E-state index contributed by atoms with van der Waals surface area (Å²) in [6, 6.07) is 14.6. The fourth-order valence-corrected chi connectivity index (χ4v) is 5.80. The molecule has 184 valence electrons. The Morgan fingerprint density at radius 2 is 1.85 bits per heavy atom. The molecular weight excluding hydrogens is 491 g/mol. The highest BCUT2D eigenvalue weighted by atomic mass is 35.5. The number of amides is 1. The molecule has 8 heteroatoms. The Morgan fingerprint density at radius 3 is 2.41 bits per heavy atom. The molecule has 1 N–H and O–H groups in total. The molecule has 3 rings (SSSR count). The van der Waals surface area contributed by atoms with Crippen molar-refractivity contribution in [2.24, 2.45) is 5.41 Å². The SMILES string of the molecule is C=CC[C@@]1(C)C[C@H](c2cccc(Cl)c2)[C@@H](c2ccc(Cl)cc2)N(C(CC)CNS(C)(=O)=O)C1=O. The summed E-state index contributed by atoms with van der Waals surface area (Å²) in [5, 5.41) is 1.24. The summed E-state index contributed by atoms with van der Waals surface area (Å²) in [5.74, 6) is -0.0670. The van der Waals surface area contributed by atoms with Gasteiger partial charge in [-0.1, -0.05) is 67.4 Å². The first-order valence-electron chi connectivity index (χ1n) is 11.4. The van der Waals surface area contributed by atoms with Crippen molar-refractivity contribution in [2.75, 3.05) is 12.8 Å². The van der Waals surface area contributed by atoms with Crippen molar-refractivity contribution in [1.82, 2.24) is 9.62 Å². The van der Waals surface area contributed by atoms with Gasteiger partial charge in [0, 0.05) is 28.5 Å². The molecule has 2 aromatic carbocycles. The van der Waals surface area contributed by atoms with Crippen LogP contribution in [0.25, 0.3) is 0 Å². The van der Waals surface area contributed by atoms with Gasteiger partial charge >= 0.3 is 0 Å². The Hall–Kier alpha value is -1.86. The zero-order chi connectivity index (χ0) is 25.1. The van der Waals surface area contributed by atoms with E-state index in [1.165, 1.54) is 0 Å². The van der Waals surface area contributed by atoms with Crippen molar-refractivity contribution in [3.63, 3.8) is 0 Å². The van der Waals surface area contributed by atoms with Crippen molar-refractivity contribution in [1.29, 1.82) is 0 Å². The molecule has 0 aliphatic carbocycles. The molecule has 0 bridgehead atoms. The minimum atomic E-state index is -3.42. The molecule has 0 spiro atoms. The summed E-state index contributed by atoms with van der Waals surface area (Å²) in [6.07, 6.45) is 4.62. The molecule has 1 unspecified atom stereocenters. The third-order valence-electron chi connectivity index (χ3n) is 6.63. The molecule has 34 heavy (non-hydrogen) atoms. The summed E-state index contributed by atoms with van der Waals surface area (Å²) < 4.78 is 26.4. The van der Waals surface area contributed by atoms with Gasteiger partial charge in [-0.25, -0.2) is 13.1 Å². The van der Waals surface area contributed by atoms with Gasteiger partial charge in [-0.05, 0) is 54.7 Å². The van der Waals surface area contributed by atoms with E-state index in [0.29, 0.717) is 29.3 Å². The number of allylic oxidation sites excluding steroid dienone is 1. The average Bonchev–Trinajstić information content (AvgIpc) is 2.77. The molecule has 1 amide bonds. The van der Waals surface area contributed by atoms with Gasteiger partial charge in [-0.2, -0.15) is 0 Å².